The Morgan fingerprint density at radius 3 is 2.75 bits per heavy atom. The van der Waals surface area contributed by atoms with Crippen LogP contribution in [0, 0.1) is 11.6 Å². The maximum Gasteiger partial charge on any atom is 0.172 e. The summed E-state index contributed by atoms with van der Waals surface area (Å²) in [5.41, 5.74) is 5.46. The highest BCUT2D eigenvalue weighted by Gasteiger charge is 2.11. The molecule has 16 heavy (non-hydrogen) atoms. The Hall–Kier alpha value is -1.56. The van der Waals surface area contributed by atoms with Crippen LogP contribution in [0.2, 0.25) is 0 Å². The fourth-order valence-electron chi connectivity index (χ4n) is 1.19. The zero-order valence-corrected chi connectivity index (χ0v) is 9.26. The van der Waals surface area contributed by atoms with Crippen molar-refractivity contribution < 1.29 is 8.78 Å². The SMILES string of the molecule is Cn1ccnc1Sc1cc(F)cc(F)c1N. The molecule has 0 bridgehead atoms. The highest BCUT2D eigenvalue weighted by Crippen LogP contribution is 2.32. The first-order chi connectivity index (χ1) is 7.58. The Labute approximate surface area is 95.3 Å². The maximum absolute atomic E-state index is 13.2. The van der Waals surface area contributed by atoms with Gasteiger partial charge >= 0.3 is 0 Å². The summed E-state index contributed by atoms with van der Waals surface area (Å²) >= 11 is 1.12. The topological polar surface area (TPSA) is 43.8 Å². The van der Waals surface area contributed by atoms with Gasteiger partial charge in [0, 0.05) is 30.4 Å². The molecule has 0 atom stereocenters. The minimum absolute atomic E-state index is 0.0607. The number of aromatic nitrogens is 2. The molecular weight excluding hydrogens is 232 g/mol. The van der Waals surface area contributed by atoms with Gasteiger partial charge in [-0.2, -0.15) is 0 Å². The Balaban J connectivity index is 2.38. The van der Waals surface area contributed by atoms with E-state index in [0.717, 1.165) is 17.8 Å². The van der Waals surface area contributed by atoms with E-state index in [0.29, 0.717) is 10.1 Å². The summed E-state index contributed by atoms with van der Waals surface area (Å²) in [7, 11) is 1.79. The van der Waals surface area contributed by atoms with E-state index in [1.165, 1.54) is 6.07 Å². The maximum atomic E-state index is 13.2. The minimum Gasteiger partial charge on any atom is -0.395 e. The second-order valence-corrected chi connectivity index (χ2v) is 4.23. The Morgan fingerprint density at radius 1 is 1.38 bits per heavy atom. The lowest BCUT2D eigenvalue weighted by Gasteiger charge is -2.06. The number of nitrogens with two attached hydrogens (primary N) is 1. The summed E-state index contributed by atoms with van der Waals surface area (Å²) in [4.78, 5) is 4.36. The molecule has 1 heterocycles. The van der Waals surface area contributed by atoms with Gasteiger partial charge in [0.2, 0.25) is 0 Å². The van der Waals surface area contributed by atoms with Crippen molar-refractivity contribution in [1.29, 1.82) is 0 Å². The van der Waals surface area contributed by atoms with Crippen molar-refractivity contribution >= 4 is 17.4 Å². The highest BCUT2D eigenvalue weighted by molar-refractivity contribution is 7.99. The lowest BCUT2D eigenvalue weighted by molar-refractivity contribution is 0.581. The van der Waals surface area contributed by atoms with Crippen molar-refractivity contribution in [3.63, 3.8) is 0 Å². The van der Waals surface area contributed by atoms with Gasteiger partial charge in [0.25, 0.3) is 0 Å². The highest BCUT2D eigenvalue weighted by atomic mass is 32.2. The predicted molar refractivity (Wildman–Crippen MR) is 58.1 cm³/mol. The van der Waals surface area contributed by atoms with Crippen LogP contribution in [0.1, 0.15) is 0 Å². The van der Waals surface area contributed by atoms with Crippen molar-refractivity contribution in [2.45, 2.75) is 10.1 Å². The molecule has 0 aliphatic carbocycles. The number of nitrogen functional groups attached to an aromatic ring is 1. The number of imidazole rings is 1. The molecule has 0 aliphatic heterocycles. The van der Waals surface area contributed by atoms with Crippen molar-refractivity contribution in [1.82, 2.24) is 9.55 Å². The fraction of sp³-hybridized carbons (Fsp3) is 0.100. The summed E-state index contributed by atoms with van der Waals surface area (Å²) in [6.07, 6.45) is 3.35. The summed E-state index contributed by atoms with van der Waals surface area (Å²) < 4.78 is 27.9. The number of hydrogen-bond acceptors (Lipinski definition) is 3. The van der Waals surface area contributed by atoms with Crippen molar-refractivity contribution in [3.8, 4) is 0 Å². The number of benzene rings is 1. The molecule has 0 saturated heterocycles. The van der Waals surface area contributed by atoms with Gasteiger partial charge in [0.15, 0.2) is 5.16 Å². The zero-order valence-electron chi connectivity index (χ0n) is 8.45. The Morgan fingerprint density at radius 2 is 2.12 bits per heavy atom. The molecule has 1 aromatic heterocycles. The van der Waals surface area contributed by atoms with E-state index in [4.69, 9.17) is 5.73 Å². The first-order valence-corrected chi connectivity index (χ1v) is 5.29. The van der Waals surface area contributed by atoms with E-state index in [2.05, 4.69) is 4.98 Å². The van der Waals surface area contributed by atoms with Gasteiger partial charge in [-0.3, -0.25) is 0 Å². The van der Waals surface area contributed by atoms with Gasteiger partial charge in [-0.15, -0.1) is 0 Å². The van der Waals surface area contributed by atoms with Crippen LogP contribution in [-0.4, -0.2) is 9.55 Å². The molecule has 0 spiro atoms. The third-order valence-corrected chi connectivity index (χ3v) is 3.17. The molecule has 0 amide bonds. The quantitative estimate of drug-likeness (QED) is 0.821. The van der Waals surface area contributed by atoms with Crippen LogP contribution in [-0.2, 0) is 7.05 Å². The van der Waals surface area contributed by atoms with Crippen LogP contribution in [0.25, 0.3) is 0 Å². The van der Waals surface area contributed by atoms with Gasteiger partial charge in [-0.05, 0) is 17.8 Å². The summed E-state index contributed by atoms with van der Waals surface area (Å²) in [5.74, 6) is -1.40. The molecule has 0 unspecified atom stereocenters. The Kier molecular flexibility index (Phi) is 2.82. The third-order valence-electron chi connectivity index (χ3n) is 2.03. The van der Waals surface area contributed by atoms with Crippen LogP contribution in [0.15, 0.2) is 34.6 Å². The first kappa shape index (κ1) is 10.9. The molecule has 1 aromatic carbocycles. The van der Waals surface area contributed by atoms with Crippen LogP contribution >= 0.6 is 11.8 Å². The molecular formula is C10H9F2N3S. The van der Waals surface area contributed by atoms with Crippen molar-refractivity contribution in [3.05, 3.63) is 36.2 Å². The number of aryl methyl sites for hydroxylation is 1. The van der Waals surface area contributed by atoms with Gasteiger partial charge in [-0.1, -0.05) is 0 Å². The number of halogens is 2. The van der Waals surface area contributed by atoms with Gasteiger partial charge in [0.1, 0.15) is 11.6 Å². The predicted octanol–water partition coefficient (Wildman–Crippen LogP) is 2.43. The lowest BCUT2D eigenvalue weighted by Crippen LogP contribution is -1.96. The van der Waals surface area contributed by atoms with Gasteiger partial charge < -0.3 is 10.3 Å². The molecule has 2 N–H and O–H groups in total. The van der Waals surface area contributed by atoms with Crippen molar-refractivity contribution in [2.75, 3.05) is 5.73 Å². The molecule has 6 heteroatoms. The fourth-order valence-corrected chi connectivity index (χ4v) is 2.09. The standard InChI is InChI=1S/C10H9F2N3S/c1-15-3-2-14-10(15)16-8-5-6(11)4-7(12)9(8)13/h2-5H,13H2,1H3. The first-order valence-electron chi connectivity index (χ1n) is 4.47. The van der Waals surface area contributed by atoms with Gasteiger partial charge in [-0.25, -0.2) is 13.8 Å². The molecule has 2 aromatic rings. The summed E-state index contributed by atoms with van der Waals surface area (Å²) in [6, 6.07) is 1.95. The lowest BCUT2D eigenvalue weighted by atomic mass is 10.3. The molecule has 3 nitrogen and oxygen atoms in total. The van der Waals surface area contributed by atoms with Crippen LogP contribution < -0.4 is 5.73 Å². The van der Waals surface area contributed by atoms with Crippen molar-refractivity contribution in [2.24, 2.45) is 7.05 Å². The monoisotopic (exact) mass is 241 g/mol. The molecule has 84 valence electrons. The largest absolute Gasteiger partial charge is 0.395 e. The molecule has 0 fully saturated rings. The number of rotatable bonds is 2. The molecule has 0 radical (unpaired) electrons. The van der Waals surface area contributed by atoms with E-state index in [9.17, 15) is 8.78 Å². The third kappa shape index (κ3) is 2.01. The number of anilines is 1. The summed E-state index contributed by atoms with van der Waals surface area (Å²) in [6.45, 7) is 0. The van der Waals surface area contributed by atoms with E-state index in [-0.39, 0.29) is 5.69 Å². The van der Waals surface area contributed by atoms with E-state index in [1.54, 1.807) is 24.0 Å². The van der Waals surface area contributed by atoms with Crippen LogP contribution in [0.4, 0.5) is 14.5 Å². The average molecular weight is 241 g/mol. The van der Waals surface area contributed by atoms with Crippen LogP contribution in [0.3, 0.4) is 0 Å². The minimum atomic E-state index is -0.753. The zero-order chi connectivity index (χ0) is 11.7. The van der Waals surface area contributed by atoms with E-state index >= 15 is 0 Å². The Bertz CT molecular complexity index is 525. The van der Waals surface area contributed by atoms with E-state index in [1.807, 2.05) is 0 Å². The second-order valence-electron chi connectivity index (χ2n) is 3.22. The molecule has 2 rings (SSSR count). The molecule has 0 saturated carbocycles. The van der Waals surface area contributed by atoms with Crippen LogP contribution in [0.5, 0.6) is 0 Å². The second kappa shape index (κ2) is 4.13. The summed E-state index contributed by atoms with van der Waals surface area (Å²) in [5, 5.41) is 0.622. The number of hydrogen-bond donors (Lipinski definition) is 1. The smallest absolute Gasteiger partial charge is 0.172 e. The average Bonchev–Trinajstić information content (AvgIpc) is 2.60. The normalized spacial score (nSPS) is 10.7. The van der Waals surface area contributed by atoms with E-state index < -0.39 is 11.6 Å². The molecule has 0 aliphatic rings. The number of nitrogens with zero attached hydrogens (tertiary/aromatic N) is 2. The van der Waals surface area contributed by atoms with Gasteiger partial charge in [0.05, 0.1) is 5.69 Å².